The summed E-state index contributed by atoms with van der Waals surface area (Å²) in [4.78, 5) is 24.0. The average Bonchev–Trinajstić information content (AvgIpc) is 2.93. The van der Waals surface area contributed by atoms with Crippen molar-refractivity contribution < 1.29 is 9.90 Å². The van der Waals surface area contributed by atoms with Crippen molar-refractivity contribution in [3.8, 4) is 0 Å². The van der Waals surface area contributed by atoms with Crippen LogP contribution < -0.4 is 15.5 Å². The van der Waals surface area contributed by atoms with E-state index in [-0.39, 0.29) is 17.4 Å². The highest BCUT2D eigenvalue weighted by Gasteiger charge is 2.46. The average molecular weight is 440 g/mol. The van der Waals surface area contributed by atoms with Gasteiger partial charge in [-0.3, -0.25) is 9.69 Å². The number of anilines is 3. The van der Waals surface area contributed by atoms with Gasteiger partial charge in [-0.2, -0.15) is 4.98 Å². The summed E-state index contributed by atoms with van der Waals surface area (Å²) in [5.74, 6) is 1.24. The van der Waals surface area contributed by atoms with E-state index < -0.39 is 11.5 Å². The van der Waals surface area contributed by atoms with Crippen LogP contribution >= 0.6 is 0 Å². The van der Waals surface area contributed by atoms with Crippen molar-refractivity contribution in [2.24, 2.45) is 5.41 Å². The van der Waals surface area contributed by atoms with E-state index in [4.69, 9.17) is 4.98 Å². The van der Waals surface area contributed by atoms with Crippen molar-refractivity contribution in [3.05, 3.63) is 41.6 Å². The number of carbonyl (C=O) groups excluding carboxylic acids is 1. The summed E-state index contributed by atoms with van der Waals surface area (Å²) in [5, 5.41) is 16.7. The highest BCUT2D eigenvalue weighted by Crippen LogP contribution is 2.41. The molecule has 1 aliphatic heterocycles. The van der Waals surface area contributed by atoms with Crippen LogP contribution in [0.3, 0.4) is 0 Å². The largest absolute Gasteiger partial charge is 0.391 e. The lowest BCUT2D eigenvalue weighted by Gasteiger charge is -2.26. The van der Waals surface area contributed by atoms with Crippen LogP contribution in [0, 0.1) is 5.41 Å². The molecule has 0 aliphatic carbocycles. The molecule has 0 saturated heterocycles. The Morgan fingerprint density at radius 3 is 2.44 bits per heavy atom. The minimum Gasteiger partial charge on any atom is -0.391 e. The van der Waals surface area contributed by atoms with Gasteiger partial charge in [-0.05, 0) is 50.3 Å². The van der Waals surface area contributed by atoms with Crippen LogP contribution in [0.5, 0.6) is 0 Å². The number of carbonyl (C=O) groups is 1. The van der Waals surface area contributed by atoms with E-state index in [1.807, 2.05) is 70.7 Å². The summed E-state index contributed by atoms with van der Waals surface area (Å²) in [5.41, 5.74) is 2.11. The quantitative estimate of drug-likeness (QED) is 0.573. The minimum atomic E-state index is -0.619. The lowest BCUT2D eigenvalue weighted by molar-refractivity contribution is -0.122. The van der Waals surface area contributed by atoms with E-state index in [0.717, 1.165) is 23.2 Å². The molecule has 1 aromatic carbocycles. The molecule has 3 N–H and O–H groups in total. The molecule has 7 nitrogen and oxygen atoms in total. The molecule has 2 heterocycles. The highest BCUT2D eigenvalue weighted by molar-refractivity contribution is 6.07. The number of amides is 1. The molecule has 32 heavy (non-hydrogen) atoms. The number of aliphatic hydroxyl groups is 1. The summed E-state index contributed by atoms with van der Waals surface area (Å²) in [6, 6.07) is 8.11. The molecule has 1 aromatic heterocycles. The van der Waals surface area contributed by atoms with E-state index in [1.54, 1.807) is 6.20 Å². The molecule has 0 fully saturated rings. The first-order chi connectivity index (χ1) is 14.9. The Labute approximate surface area is 191 Å². The summed E-state index contributed by atoms with van der Waals surface area (Å²) >= 11 is 0. The summed E-state index contributed by atoms with van der Waals surface area (Å²) in [6.45, 7) is 15.3. The van der Waals surface area contributed by atoms with E-state index in [2.05, 4.69) is 22.5 Å². The molecule has 0 saturated carbocycles. The third-order valence-electron chi connectivity index (χ3n) is 6.33. The van der Waals surface area contributed by atoms with Gasteiger partial charge in [0.2, 0.25) is 11.9 Å². The Bertz CT molecular complexity index is 950. The van der Waals surface area contributed by atoms with E-state index in [1.165, 1.54) is 0 Å². The first-order valence-electron chi connectivity index (χ1n) is 11.4. The van der Waals surface area contributed by atoms with Crippen molar-refractivity contribution in [3.63, 3.8) is 0 Å². The topological polar surface area (TPSA) is 90.4 Å². The fourth-order valence-electron chi connectivity index (χ4n) is 3.66. The molecule has 2 aromatic rings. The van der Waals surface area contributed by atoms with Gasteiger partial charge in [0, 0.05) is 36.6 Å². The second-order valence-corrected chi connectivity index (χ2v) is 10.3. The molecule has 0 radical (unpaired) electrons. The zero-order chi connectivity index (χ0) is 23.7. The second-order valence-electron chi connectivity index (χ2n) is 10.3. The lowest BCUT2D eigenvalue weighted by atomic mass is 9.88. The van der Waals surface area contributed by atoms with Crippen molar-refractivity contribution >= 4 is 23.4 Å². The van der Waals surface area contributed by atoms with Crippen LogP contribution in [0.15, 0.2) is 30.5 Å². The molecule has 0 bridgehead atoms. The van der Waals surface area contributed by atoms with E-state index in [0.29, 0.717) is 24.9 Å². The third kappa shape index (κ3) is 4.94. The van der Waals surface area contributed by atoms with Crippen molar-refractivity contribution in [1.29, 1.82) is 0 Å². The molecular weight excluding hydrogens is 402 g/mol. The number of aliphatic hydroxyl groups excluding tert-OH is 1. The number of nitrogens with zero attached hydrogens (tertiary/aromatic N) is 3. The Kier molecular flexibility index (Phi) is 6.91. The van der Waals surface area contributed by atoms with E-state index >= 15 is 0 Å². The smallest absolute Gasteiger partial charge is 0.238 e. The fraction of sp³-hybridized carbons (Fsp3) is 0.560. The second kappa shape index (κ2) is 9.16. The predicted octanol–water partition coefficient (Wildman–Crippen LogP) is 4.14. The van der Waals surface area contributed by atoms with Crippen LogP contribution in [0.2, 0.25) is 0 Å². The number of rotatable bonds is 8. The monoisotopic (exact) mass is 439 g/mol. The van der Waals surface area contributed by atoms with Crippen LogP contribution in [-0.4, -0.2) is 39.7 Å². The summed E-state index contributed by atoms with van der Waals surface area (Å²) in [6.07, 6.45) is 2.23. The van der Waals surface area contributed by atoms with Gasteiger partial charge < -0.3 is 15.7 Å². The van der Waals surface area contributed by atoms with Gasteiger partial charge in [-0.25, -0.2) is 4.98 Å². The molecule has 3 rings (SSSR count). The fourth-order valence-corrected chi connectivity index (χ4v) is 3.66. The number of nitrogens with one attached hydrogen (secondary N) is 2. The van der Waals surface area contributed by atoms with Gasteiger partial charge in [-0.1, -0.05) is 39.8 Å². The first kappa shape index (κ1) is 24.1. The van der Waals surface area contributed by atoms with Crippen LogP contribution in [-0.2, 0) is 16.8 Å². The van der Waals surface area contributed by atoms with Gasteiger partial charge in [0.05, 0.1) is 11.5 Å². The predicted molar refractivity (Wildman–Crippen MR) is 129 cm³/mol. The zero-order valence-corrected chi connectivity index (χ0v) is 20.4. The molecule has 1 aliphatic rings. The lowest BCUT2D eigenvalue weighted by Crippen LogP contribution is -2.41. The van der Waals surface area contributed by atoms with Crippen molar-refractivity contribution in [2.45, 2.75) is 79.0 Å². The maximum atomic E-state index is 13.0. The van der Waals surface area contributed by atoms with Gasteiger partial charge >= 0.3 is 0 Å². The molecule has 1 unspecified atom stereocenters. The number of hydrogen-bond acceptors (Lipinski definition) is 6. The molecule has 1 amide bonds. The van der Waals surface area contributed by atoms with Crippen molar-refractivity contribution in [1.82, 2.24) is 15.3 Å². The van der Waals surface area contributed by atoms with Gasteiger partial charge in [0.1, 0.15) is 5.82 Å². The van der Waals surface area contributed by atoms with Crippen molar-refractivity contribution in [2.75, 3.05) is 16.8 Å². The number of fused-ring (bicyclic) bond motifs is 1. The highest BCUT2D eigenvalue weighted by atomic mass is 16.3. The zero-order valence-electron chi connectivity index (χ0n) is 20.4. The van der Waals surface area contributed by atoms with Crippen LogP contribution in [0.4, 0.5) is 17.5 Å². The Morgan fingerprint density at radius 1 is 1.19 bits per heavy atom. The first-order valence-corrected chi connectivity index (χ1v) is 11.4. The van der Waals surface area contributed by atoms with Crippen LogP contribution in [0.25, 0.3) is 0 Å². The van der Waals surface area contributed by atoms with Gasteiger partial charge in [0.15, 0.2) is 0 Å². The maximum absolute atomic E-state index is 13.0. The molecule has 174 valence electrons. The summed E-state index contributed by atoms with van der Waals surface area (Å²) in [7, 11) is 0. The summed E-state index contributed by atoms with van der Waals surface area (Å²) < 4.78 is 0. The Morgan fingerprint density at radius 2 is 1.84 bits per heavy atom. The molecule has 2 atom stereocenters. The number of aromatic nitrogens is 2. The SMILES string of the molecule is CC[C@H](C)N1C(=O)C(C)(C)c2cnc(Nc3ccc(CNCC(O)C(C)(C)C)cc3)nc21. The molecule has 0 spiro atoms. The minimum absolute atomic E-state index is 0.0710. The third-order valence-corrected chi connectivity index (χ3v) is 6.33. The van der Waals surface area contributed by atoms with Gasteiger partial charge in [0.25, 0.3) is 0 Å². The number of benzene rings is 1. The normalized spacial score (nSPS) is 17.2. The molecular formula is C25H37N5O2. The van der Waals surface area contributed by atoms with Crippen LogP contribution in [0.1, 0.15) is 66.0 Å². The molecule has 7 heteroatoms. The Hall–Kier alpha value is -2.51. The maximum Gasteiger partial charge on any atom is 0.238 e. The standard InChI is InChI=1S/C25H37N5O2/c1-8-16(2)30-21-19(25(6,7)22(30)32)14-27-23(29-21)28-18-11-9-17(10-12-18)13-26-15-20(31)24(3,4)5/h9-12,14,16,20,26,31H,8,13,15H2,1-7H3,(H,27,28,29)/t16-,20?/m0/s1. The number of hydrogen-bond donors (Lipinski definition) is 3. The van der Waals surface area contributed by atoms with Gasteiger partial charge in [-0.15, -0.1) is 0 Å². The van der Waals surface area contributed by atoms with E-state index in [9.17, 15) is 9.90 Å². The Balaban J connectivity index is 1.68.